The molecule has 94 valence electrons. The Balaban J connectivity index is 1.98. The van der Waals surface area contributed by atoms with E-state index in [2.05, 4.69) is 36.1 Å². The van der Waals surface area contributed by atoms with Crippen LogP contribution in [-0.4, -0.2) is 37.2 Å². The Kier molecular flexibility index (Phi) is 4.54. The van der Waals surface area contributed by atoms with Crippen molar-refractivity contribution in [1.82, 2.24) is 4.90 Å². The van der Waals surface area contributed by atoms with Crippen molar-refractivity contribution in [2.75, 3.05) is 26.3 Å². The second-order valence-electron chi connectivity index (χ2n) is 4.60. The molecule has 3 nitrogen and oxygen atoms in total. The zero-order valence-electron chi connectivity index (χ0n) is 10.6. The Morgan fingerprint density at radius 3 is 2.65 bits per heavy atom. The van der Waals surface area contributed by atoms with E-state index in [-0.39, 0.29) is 0 Å². The summed E-state index contributed by atoms with van der Waals surface area (Å²) in [4.78, 5) is 2.42. The lowest BCUT2D eigenvalue weighted by Crippen LogP contribution is -2.48. The number of hydrogen-bond donors (Lipinski definition) is 1. The van der Waals surface area contributed by atoms with Gasteiger partial charge in [0.05, 0.1) is 13.2 Å². The first-order valence-electron chi connectivity index (χ1n) is 6.43. The van der Waals surface area contributed by atoms with Gasteiger partial charge < -0.3 is 10.5 Å². The molecule has 0 amide bonds. The maximum Gasteiger partial charge on any atom is 0.0634 e. The van der Waals surface area contributed by atoms with Crippen molar-refractivity contribution in [3.8, 4) is 0 Å². The molecule has 0 radical (unpaired) electrons. The number of aryl methyl sites for hydroxylation is 1. The predicted molar refractivity (Wildman–Crippen MR) is 69.9 cm³/mol. The summed E-state index contributed by atoms with van der Waals surface area (Å²) in [5.41, 5.74) is 8.53. The van der Waals surface area contributed by atoms with Gasteiger partial charge in [-0.15, -0.1) is 0 Å². The Labute approximate surface area is 104 Å². The first kappa shape index (κ1) is 12.6. The summed E-state index contributed by atoms with van der Waals surface area (Å²) in [6, 6.07) is 9.25. The molecule has 1 unspecified atom stereocenters. The van der Waals surface area contributed by atoms with Crippen LogP contribution in [-0.2, 0) is 17.7 Å². The second kappa shape index (κ2) is 6.15. The average molecular weight is 234 g/mol. The van der Waals surface area contributed by atoms with Crippen LogP contribution in [0.4, 0.5) is 0 Å². The smallest absolute Gasteiger partial charge is 0.0634 e. The Bertz CT molecular complexity index is 337. The van der Waals surface area contributed by atoms with Crippen LogP contribution in [0, 0.1) is 0 Å². The molecule has 0 bridgehead atoms. The molecule has 17 heavy (non-hydrogen) atoms. The third-order valence-electron chi connectivity index (χ3n) is 3.44. The Morgan fingerprint density at radius 1 is 1.29 bits per heavy atom. The first-order chi connectivity index (χ1) is 8.33. The van der Waals surface area contributed by atoms with Crippen molar-refractivity contribution < 1.29 is 4.74 Å². The van der Waals surface area contributed by atoms with Gasteiger partial charge >= 0.3 is 0 Å². The molecule has 1 aromatic rings. The summed E-state index contributed by atoms with van der Waals surface area (Å²) in [7, 11) is 0. The van der Waals surface area contributed by atoms with Crippen molar-refractivity contribution in [2.24, 2.45) is 5.73 Å². The van der Waals surface area contributed by atoms with E-state index in [4.69, 9.17) is 10.5 Å². The van der Waals surface area contributed by atoms with Gasteiger partial charge in [0.15, 0.2) is 0 Å². The van der Waals surface area contributed by atoms with Gasteiger partial charge in [0.25, 0.3) is 0 Å². The number of hydrogen-bond acceptors (Lipinski definition) is 3. The highest BCUT2D eigenvalue weighted by atomic mass is 16.5. The van der Waals surface area contributed by atoms with Gasteiger partial charge in [0.2, 0.25) is 0 Å². The van der Waals surface area contributed by atoms with Crippen molar-refractivity contribution >= 4 is 0 Å². The lowest BCUT2D eigenvalue weighted by atomic mass is 10.1. The van der Waals surface area contributed by atoms with Crippen LogP contribution in [0.25, 0.3) is 0 Å². The van der Waals surface area contributed by atoms with Crippen LogP contribution in [0.1, 0.15) is 18.1 Å². The fourth-order valence-corrected chi connectivity index (χ4v) is 2.23. The molecule has 1 atom stereocenters. The van der Waals surface area contributed by atoms with E-state index in [1.807, 2.05) is 0 Å². The van der Waals surface area contributed by atoms with Crippen molar-refractivity contribution in [2.45, 2.75) is 25.9 Å². The molecule has 0 saturated carbocycles. The molecule has 3 heteroatoms. The zero-order chi connectivity index (χ0) is 12.1. The van der Waals surface area contributed by atoms with Gasteiger partial charge in [0, 0.05) is 25.7 Å². The lowest BCUT2D eigenvalue weighted by molar-refractivity contribution is -0.00792. The lowest BCUT2D eigenvalue weighted by Gasteiger charge is -2.34. The highest BCUT2D eigenvalue weighted by Gasteiger charge is 2.21. The average Bonchev–Trinajstić information content (AvgIpc) is 2.40. The number of benzene rings is 1. The van der Waals surface area contributed by atoms with Gasteiger partial charge in [-0.25, -0.2) is 0 Å². The SMILES string of the molecule is CCc1ccc(CN2CCOCC2CN)cc1. The molecule has 1 aromatic carbocycles. The number of nitrogens with two attached hydrogens (primary N) is 1. The summed E-state index contributed by atoms with van der Waals surface area (Å²) in [5, 5.41) is 0. The summed E-state index contributed by atoms with van der Waals surface area (Å²) in [5.74, 6) is 0. The minimum Gasteiger partial charge on any atom is -0.378 e. The van der Waals surface area contributed by atoms with E-state index in [0.717, 1.165) is 32.7 Å². The highest BCUT2D eigenvalue weighted by molar-refractivity contribution is 5.22. The van der Waals surface area contributed by atoms with E-state index in [1.165, 1.54) is 11.1 Å². The van der Waals surface area contributed by atoms with Crippen LogP contribution in [0.2, 0.25) is 0 Å². The maximum atomic E-state index is 5.77. The molecule has 0 spiro atoms. The number of nitrogens with zero attached hydrogens (tertiary/aromatic N) is 1. The molecule has 2 N–H and O–H groups in total. The van der Waals surface area contributed by atoms with E-state index >= 15 is 0 Å². The molecule has 1 aliphatic rings. The summed E-state index contributed by atoms with van der Waals surface area (Å²) >= 11 is 0. The third-order valence-corrected chi connectivity index (χ3v) is 3.44. The molecule has 1 saturated heterocycles. The highest BCUT2D eigenvalue weighted by Crippen LogP contribution is 2.13. The molecule has 1 aliphatic heterocycles. The standard InChI is InChI=1S/C14H22N2O/c1-2-12-3-5-13(6-4-12)10-16-7-8-17-11-14(16)9-15/h3-6,14H,2,7-11,15H2,1H3. The van der Waals surface area contributed by atoms with Crippen LogP contribution in [0.3, 0.4) is 0 Å². The van der Waals surface area contributed by atoms with E-state index in [1.54, 1.807) is 0 Å². The quantitative estimate of drug-likeness (QED) is 0.856. The van der Waals surface area contributed by atoms with Crippen molar-refractivity contribution in [3.05, 3.63) is 35.4 Å². The fourth-order valence-electron chi connectivity index (χ4n) is 2.23. The van der Waals surface area contributed by atoms with Crippen LogP contribution >= 0.6 is 0 Å². The summed E-state index contributed by atoms with van der Waals surface area (Å²) in [6.07, 6.45) is 1.10. The molecule has 1 fully saturated rings. The predicted octanol–water partition coefficient (Wildman–Crippen LogP) is 1.41. The topological polar surface area (TPSA) is 38.5 Å². The third kappa shape index (κ3) is 3.28. The molecule has 1 heterocycles. The van der Waals surface area contributed by atoms with E-state index in [9.17, 15) is 0 Å². The molecule has 0 aliphatic carbocycles. The van der Waals surface area contributed by atoms with E-state index in [0.29, 0.717) is 12.6 Å². The fraction of sp³-hybridized carbons (Fsp3) is 0.571. The number of morpholine rings is 1. The second-order valence-corrected chi connectivity index (χ2v) is 4.60. The Hall–Kier alpha value is -0.900. The van der Waals surface area contributed by atoms with Gasteiger partial charge in [-0.2, -0.15) is 0 Å². The van der Waals surface area contributed by atoms with Gasteiger partial charge in [-0.3, -0.25) is 4.90 Å². The minimum atomic E-state index is 0.370. The van der Waals surface area contributed by atoms with Crippen molar-refractivity contribution in [1.29, 1.82) is 0 Å². The Morgan fingerprint density at radius 2 is 2.00 bits per heavy atom. The van der Waals surface area contributed by atoms with Crippen LogP contribution < -0.4 is 5.73 Å². The van der Waals surface area contributed by atoms with Crippen LogP contribution in [0.15, 0.2) is 24.3 Å². The van der Waals surface area contributed by atoms with E-state index < -0.39 is 0 Å². The number of ether oxygens (including phenoxy) is 1. The summed E-state index contributed by atoms with van der Waals surface area (Å²) < 4.78 is 5.46. The minimum absolute atomic E-state index is 0.370. The largest absolute Gasteiger partial charge is 0.378 e. The van der Waals surface area contributed by atoms with Crippen LogP contribution in [0.5, 0.6) is 0 Å². The summed E-state index contributed by atoms with van der Waals surface area (Å²) in [6.45, 7) is 6.41. The van der Waals surface area contributed by atoms with Gasteiger partial charge in [-0.05, 0) is 17.5 Å². The first-order valence-corrected chi connectivity index (χ1v) is 6.43. The maximum absolute atomic E-state index is 5.77. The normalized spacial score (nSPS) is 21.6. The number of rotatable bonds is 4. The van der Waals surface area contributed by atoms with Gasteiger partial charge in [-0.1, -0.05) is 31.2 Å². The zero-order valence-corrected chi connectivity index (χ0v) is 10.6. The monoisotopic (exact) mass is 234 g/mol. The molecule has 0 aromatic heterocycles. The molecule has 2 rings (SSSR count). The van der Waals surface area contributed by atoms with Crippen molar-refractivity contribution in [3.63, 3.8) is 0 Å². The molecular weight excluding hydrogens is 212 g/mol. The van der Waals surface area contributed by atoms with Gasteiger partial charge in [0.1, 0.15) is 0 Å². The molecular formula is C14H22N2O.